The molecule has 1 aliphatic carbocycles. The summed E-state index contributed by atoms with van der Waals surface area (Å²) in [5.74, 6) is 0.287. The van der Waals surface area contributed by atoms with Crippen LogP contribution in [0.1, 0.15) is 39.3 Å². The van der Waals surface area contributed by atoms with Crippen molar-refractivity contribution in [3.05, 3.63) is 102 Å². The van der Waals surface area contributed by atoms with Crippen molar-refractivity contribution < 1.29 is 9.59 Å². The van der Waals surface area contributed by atoms with E-state index in [1.54, 1.807) is 11.3 Å². The number of fused-ring (bicyclic) bond motifs is 5. The highest BCUT2D eigenvalue weighted by molar-refractivity contribution is 8.01. The first-order valence-corrected chi connectivity index (χ1v) is 14.9. The minimum Gasteiger partial charge on any atom is -0.322 e. The molecule has 0 spiro atoms. The van der Waals surface area contributed by atoms with Gasteiger partial charge >= 0.3 is 0 Å². The maximum Gasteiger partial charge on any atom is 0.256 e. The molecule has 1 amide bonds. The van der Waals surface area contributed by atoms with E-state index >= 15 is 0 Å². The number of aryl methyl sites for hydroxylation is 1. The van der Waals surface area contributed by atoms with E-state index in [4.69, 9.17) is 4.98 Å². The van der Waals surface area contributed by atoms with Gasteiger partial charge in [-0.25, -0.2) is 4.98 Å². The number of hydrogen-bond donors (Lipinski definition) is 1. The summed E-state index contributed by atoms with van der Waals surface area (Å²) in [7, 11) is 0. The van der Waals surface area contributed by atoms with Gasteiger partial charge in [0.1, 0.15) is 0 Å². The molecule has 5 nitrogen and oxygen atoms in total. The van der Waals surface area contributed by atoms with E-state index in [2.05, 4.69) is 23.5 Å². The molecule has 39 heavy (non-hydrogen) atoms. The van der Waals surface area contributed by atoms with Gasteiger partial charge in [-0.05, 0) is 72.4 Å². The monoisotopic (exact) mass is 547 g/mol. The SMILES string of the molecule is O=C(Nc1ccc2nc(SCC(=O)n3c4c(c5ccccc53)CCCC4)sc2c1)c1cccc2ccccc12. The van der Waals surface area contributed by atoms with Gasteiger partial charge in [-0.2, -0.15) is 0 Å². The molecule has 192 valence electrons. The second-order valence-corrected chi connectivity index (χ2v) is 12.1. The zero-order valence-corrected chi connectivity index (χ0v) is 22.8. The molecule has 7 rings (SSSR count). The van der Waals surface area contributed by atoms with Gasteiger partial charge in [0.15, 0.2) is 4.34 Å². The van der Waals surface area contributed by atoms with Crippen LogP contribution in [0, 0.1) is 0 Å². The second-order valence-electron chi connectivity index (χ2n) is 9.81. The second kappa shape index (κ2) is 9.98. The molecule has 4 aromatic carbocycles. The predicted molar refractivity (Wildman–Crippen MR) is 161 cm³/mol. The number of carbonyl (C=O) groups excluding carboxylic acids is 2. The lowest BCUT2D eigenvalue weighted by Gasteiger charge is -2.14. The highest BCUT2D eigenvalue weighted by atomic mass is 32.2. The number of anilines is 1. The number of nitrogens with one attached hydrogen (secondary N) is 1. The average molecular weight is 548 g/mol. The summed E-state index contributed by atoms with van der Waals surface area (Å²) in [6, 6.07) is 27.7. The molecule has 1 aliphatic rings. The molecular weight excluding hydrogens is 523 g/mol. The van der Waals surface area contributed by atoms with Gasteiger partial charge < -0.3 is 5.32 Å². The van der Waals surface area contributed by atoms with Crippen molar-refractivity contribution in [1.29, 1.82) is 0 Å². The number of benzene rings is 4. The van der Waals surface area contributed by atoms with Gasteiger partial charge in [0, 0.05) is 22.3 Å². The lowest BCUT2D eigenvalue weighted by atomic mass is 9.96. The normalized spacial score (nSPS) is 13.1. The third-order valence-corrected chi connectivity index (χ3v) is 9.55. The van der Waals surface area contributed by atoms with Gasteiger partial charge in [-0.1, -0.05) is 66.4 Å². The number of thiazole rings is 1. The maximum absolute atomic E-state index is 13.5. The number of nitrogens with zero attached hydrogens (tertiary/aromatic N) is 2. The summed E-state index contributed by atoms with van der Waals surface area (Å²) in [6.45, 7) is 0. The van der Waals surface area contributed by atoms with Gasteiger partial charge in [0.2, 0.25) is 5.91 Å². The maximum atomic E-state index is 13.5. The standard InChI is InChI=1S/C32H25N3O2S2/c36-30(35-27-14-5-3-11-23(27)24-12-4-6-15-28(24)35)19-38-32-34-26-17-16-21(18-29(26)39-32)33-31(37)25-13-7-9-20-8-1-2-10-22(20)25/h1-3,5,7-11,13-14,16-18H,4,6,12,15,19H2,(H,33,37). The average Bonchev–Trinajstić information content (AvgIpc) is 3.54. The molecule has 0 unspecified atom stereocenters. The molecule has 0 atom stereocenters. The summed E-state index contributed by atoms with van der Waals surface area (Å²) < 4.78 is 3.77. The Balaban J connectivity index is 1.10. The molecule has 0 aliphatic heterocycles. The molecule has 2 aromatic heterocycles. The van der Waals surface area contributed by atoms with E-state index in [0.717, 1.165) is 55.8 Å². The fourth-order valence-electron chi connectivity index (χ4n) is 5.63. The Morgan fingerprint density at radius 1 is 0.897 bits per heavy atom. The molecule has 0 saturated heterocycles. The van der Waals surface area contributed by atoms with E-state index in [9.17, 15) is 9.59 Å². The summed E-state index contributed by atoms with van der Waals surface area (Å²) >= 11 is 3.03. The Kier molecular flexibility index (Phi) is 6.18. The molecule has 0 radical (unpaired) electrons. The smallest absolute Gasteiger partial charge is 0.256 e. The molecule has 1 N–H and O–H groups in total. The van der Waals surface area contributed by atoms with Crippen molar-refractivity contribution in [2.45, 2.75) is 30.0 Å². The third-order valence-electron chi connectivity index (χ3n) is 7.41. The van der Waals surface area contributed by atoms with Gasteiger partial charge in [-0.3, -0.25) is 14.2 Å². The van der Waals surface area contributed by atoms with Crippen LogP contribution in [0.3, 0.4) is 0 Å². The van der Waals surface area contributed by atoms with E-state index in [1.807, 2.05) is 71.3 Å². The number of carbonyl (C=O) groups is 2. The van der Waals surface area contributed by atoms with Crippen LogP contribution in [0.15, 0.2) is 89.3 Å². The third kappa shape index (κ3) is 4.41. The number of aromatic nitrogens is 2. The van der Waals surface area contributed by atoms with Crippen LogP contribution >= 0.6 is 23.1 Å². The first-order chi connectivity index (χ1) is 19.2. The van der Waals surface area contributed by atoms with Crippen LogP contribution < -0.4 is 5.32 Å². The first-order valence-electron chi connectivity index (χ1n) is 13.1. The fourth-order valence-corrected chi connectivity index (χ4v) is 7.59. The molecule has 2 heterocycles. The Hall–Kier alpha value is -3.94. The van der Waals surface area contributed by atoms with Crippen molar-refractivity contribution in [3.8, 4) is 0 Å². The number of amides is 1. The van der Waals surface area contributed by atoms with Crippen LogP contribution in [0.2, 0.25) is 0 Å². The highest BCUT2D eigenvalue weighted by Crippen LogP contribution is 2.35. The Morgan fingerprint density at radius 2 is 1.69 bits per heavy atom. The lowest BCUT2D eigenvalue weighted by molar-refractivity contribution is 0.0942. The molecule has 0 saturated carbocycles. The number of thioether (sulfide) groups is 1. The van der Waals surface area contributed by atoms with Gasteiger partial charge in [-0.15, -0.1) is 11.3 Å². The van der Waals surface area contributed by atoms with Gasteiger partial charge in [0.05, 0.1) is 21.5 Å². The largest absolute Gasteiger partial charge is 0.322 e. The van der Waals surface area contributed by atoms with Crippen molar-refractivity contribution in [3.63, 3.8) is 0 Å². The summed E-state index contributed by atoms with van der Waals surface area (Å²) in [5.41, 5.74) is 5.78. The first kappa shape index (κ1) is 24.1. The zero-order chi connectivity index (χ0) is 26.3. The topological polar surface area (TPSA) is 64.0 Å². The van der Waals surface area contributed by atoms with E-state index in [0.29, 0.717) is 11.3 Å². The predicted octanol–water partition coefficient (Wildman–Crippen LogP) is 7.97. The van der Waals surface area contributed by atoms with Crippen LogP contribution in [0.5, 0.6) is 0 Å². The van der Waals surface area contributed by atoms with Crippen LogP contribution in [0.25, 0.3) is 31.9 Å². The van der Waals surface area contributed by atoms with Crippen molar-refractivity contribution in [1.82, 2.24) is 9.55 Å². The molecule has 0 bridgehead atoms. The van der Waals surface area contributed by atoms with Crippen molar-refractivity contribution in [2.24, 2.45) is 0 Å². The summed E-state index contributed by atoms with van der Waals surface area (Å²) in [6.07, 6.45) is 4.30. The lowest BCUT2D eigenvalue weighted by Crippen LogP contribution is -2.18. The number of hydrogen-bond acceptors (Lipinski definition) is 5. The number of para-hydroxylation sites is 1. The van der Waals surface area contributed by atoms with Gasteiger partial charge in [0.25, 0.3) is 5.91 Å². The fraction of sp³-hybridized carbons (Fsp3) is 0.156. The summed E-state index contributed by atoms with van der Waals surface area (Å²) in [4.78, 5) is 31.3. The van der Waals surface area contributed by atoms with Crippen molar-refractivity contribution >= 4 is 72.5 Å². The van der Waals surface area contributed by atoms with Crippen LogP contribution in [-0.4, -0.2) is 27.1 Å². The van der Waals surface area contributed by atoms with E-state index in [-0.39, 0.29) is 11.8 Å². The number of rotatable bonds is 5. The van der Waals surface area contributed by atoms with Crippen molar-refractivity contribution in [2.75, 3.05) is 11.1 Å². The minimum atomic E-state index is -0.141. The minimum absolute atomic E-state index is 0.0987. The molecular formula is C32H25N3O2S2. The Bertz CT molecular complexity index is 1900. The highest BCUT2D eigenvalue weighted by Gasteiger charge is 2.23. The zero-order valence-electron chi connectivity index (χ0n) is 21.1. The van der Waals surface area contributed by atoms with Crippen LogP contribution in [0.4, 0.5) is 5.69 Å². The van der Waals surface area contributed by atoms with Crippen LogP contribution in [-0.2, 0) is 12.8 Å². The molecule has 6 aromatic rings. The molecule has 0 fully saturated rings. The van der Waals surface area contributed by atoms with E-state index < -0.39 is 0 Å². The molecule has 7 heteroatoms. The summed E-state index contributed by atoms with van der Waals surface area (Å²) in [5, 5.41) is 6.22. The quantitative estimate of drug-likeness (QED) is 0.222. The Labute approximate surface area is 233 Å². The van der Waals surface area contributed by atoms with E-state index in [1.165, 1.54) is 34.8 Å². The Morgan fingerprint density at radius 3 is 2.62 bits per heavy atom.